The fourth-order valence-corrected chi connectivity index (χ4v) is 3.90. The van der Waals surface area contributed by atoms with Gasteiger partial charge in [0.15, 0.2) is 5.82 Å². The molecular weight excluding hydrogens is 316 g/mol. The molecule has 0 radical (unpaired) electrons. The molecular formula is C15H20N4O3S. The molecule has 1 amide bonds. The van der Waals surface area contributed by atoms with E-state index in [2.05, 4.69) is 15.1 Å². The maximum absolute atomic E-state index is 13.1. The lowest BCUT2D eigenvalue weighted by molar-refractivity contribution is 0.0674. The largest absolute Gasteiger partial charge is 0.378 e. The number of thiazole rings is 1. The Bertz CT molecular complexity index is 656. The number of methoxy groups -OCH3 is 1. The SMILES string of the molecule is COCc1nc(C)c(C(=O)N2CCCCC[C@H]2c2ncon2)s1. The normalized spacial score (nSPS) is 18.9. The van der Waals surface area contributed by atoms with Crippen molar-refractivity contribution in [3.05, 3.63) is 27.8 Å². The molecule has 1 fully saturated rings. The number of carbonyl (C=O) groups is 1. The molecule has 7 nitrogen and oxygen atoms in total. The van der Waals surface area contributed by atoms with Gasteiger partial charge in [-0.25, -0.2) is 4.98 Å². The molecule has 23 heavy (non-hydrogen) atoms. The summed E-state index contributed by atoms with van der Waals surface area (Å²) in [6.45, 7) is 2.99. The highest BCUT2D eigenvalue weighted by Gasteiger charge is 2.32. The van der Waals surface area contributed by atoms with Gasteiger partial charge in [0.25, 0.3) is 5.91 Å². The van der Waals surface area contributed by atoms with Crippen molar-refractivity contribution < 1.29 is 14.1 Å². The van der Waals surface area contributed by atoms with Gasteiger partial charge in [0.05, 0.1) is 18.3 Å². The van der Waals surface area contributed by atoms with Crippen LogP contribution < -0.4 is 0 Å². The first-order chi connectivity index (χ1) is 11.2. The minimum absolute atomic E-state index is 0.000877. The quantitative estimate of drug-likeness (QED) is 0.854. The third-order valence-corrected chi connectivity index (χ3v) is 5.11. The second kappa shape index (κ2) is 7.18. The molecule has 2 aromatic rings. The fourth-order valence-electron chi connectivity index (χ4n) is 2.91. The number of nitrogens with zero attached hydrogens (tertiary/aromatic N) is 4. The summed E-state index contributed by atoms with van der Waals surface area (Å²) in [7, 11) is 1.62. The van der Waals surface area contributed by atoms with Crippen LogP contribution in [0.25, 0.3) is 0 Å². The number of likely N-dealkylation sites (tertiary alicyclic amines) is 1. The third-order valence-electron chi connectivity index (χ3n) is 3.99. The van der Waals surface area contributed by atoms with Gasteiger partial charge in [-0.2, -0.15) is 4.98 Å². The Morgan fingerprint density at radius 3 is 3.09 bits per heavy atom. The van der Waals surface area contributed by atoms with Crippen LogP contribution in [0.3, 0.4) is 0 Å². The van der Waals surface area contributed by atoms with Gasteiger partial charge in [0.1, 0.15) is 9.88 Å². The zero-order valence-electron chi connectivity index (χ0n) is 13.3. The van der Waals surface area contributed by atoms with Crippen LogP contribution in [0.4, 0.5) is 0 Å². The Balaban J connectivity index is 1.88. The number of amides is 1. The molecule has 1 saturated heterocycles. The molecule has 0 spiro atoms. The molecule has 1 aliphatic rings. The predicted octanol–water partition coefficient (Wildman–Crippen LogP) is 2.74. The molecule has 2 aromatic heterocycles. The van der Waals surface area contributed by atoms with E-state index in [4.69, 9.17) is 9.26 Å². The van der Waals surface area contributed by atoms with Crippen LogP contribution in [0, 0.1) is 6.92 Å². The molecule has 1 atom stereocenters. The van der Waals surface area contributed by atoms with E-state index >= 15 is 0 Å². The van der Waals surface area contributed by atoms with E-state index in [0.717, 1.165) is 36.4 Å². The summed E-state index contributed by atoms with van der Waals surface area (Å²) in [5, 5.41) is 4.77. The predicted molar refractivity (Wildman–Crippen MR) is 84.1 cm³/mol. The summed E-state index contributed by atoms with van der Waals surface area (Å²) in [6, 6.07) is -0.129. The van der Waals surface area contributed by atoms with E-state index in [1.165, 1.54) is 17.7 Å². The van der Waals surface area contributed by atoms with E-state index in [0.29, 0.717) is 23.9 Å². The summed E-state index contributed by atoms with van der Waals surface area (Å²) < 4.78 is 9.99. The van der Waals surface area contributed by atoms with Gasteiger partial charge in [0.2, 0.25) is 6.39 Å². The van der Waals surface area contributed by atoms with Gasteiger partial charge in [-0.05, 0) is 19.8 Å². The number of hydrogen-bond donors (Lipinski definition) is 0. The lowest BCUT2D eigenvalue weighted by Gasteiger charge is -2.27. The highest BCUT2D eigenvalue weighted by Crippen LogP contribution is 2.31. The molecule has 1 aliphatic heterocycles. The third kappa shape index (κ3) is 3.42. The molecule has 0 aromatic carbocycles. The Labute approximate surface area is 138 Å². The number of hydrogen-bond acceptors (Lipinski definition) is 7. The molecule has 0 unspecified atom stereocenters. The van der Waals surface area contributed by atoms with Gasteiger partial charge in [-0.3, -0.25) is 4.79 Å². The van der Waals surface area contributed by atoms with Gasteiger partial charge >= 0.3 is 0 Å². The van der Waals surface area contributed by atoms with Crippen LogP contribution in [-0.4, -0.2) is 39.6 Å². The monoisotopic (exact) mass is 336 g/mol. The smallest absolute Gasteiger partial charge is 0.266 e. The van der Waals surface area contributed by atoms with Crippen molar-refractivity contribution in [2.24, 2.45) is 0 Å². The number of rotatable bonds is 4. The van der Waals surface area contributed by atoms with Crippen molar-refractivity contribution in [1.29, 1.82) is 0 Å². The summed E-state index contributed by atoms with van der Waals surface area (Å²) >= 11 is 1.40. The second-order valence-corrected chi connectivity index (χ2v) is 6.69. The first-order valence-corrected chi connectivity index (χ1v) is 8.55. The molecule has 0 N–H and O–H groups in total. The van der Waals surface area contributed by atoms with Crippen molar-refractivity contribution in [3.63, 3.8) is 0 Å². The summed E-state index contributed by atoms with van der Waals surface area (Å²) in [5.41, 5.74) is 0.753. The Kier molecular flexibility index (Phi) is 5.02. The first kappa shape index (κ1) is 16.1. The topological polar surface area (TPSA) is 81.4 Å². The van der Waals surface area contributed by atoms with Crippen molar-refractivity contribution >= 4 is 17.2 Å². The van der Waals surface area contributed by atoms with E-state index in [-0.39, 0.29) is 11.9 Å². The van der Waals surface area contributed by atoms with Crippen molar-refractivity contribution in [1.82, 2.24) is 20.0 Å². The molecule has 3 heterocycles. The lowest BCUT2D eigenvalue weighted by Crippen LogP contribution is -2.35. The molecule has 124 valence electrons. The molecule has 0 bridgehead atoms. The average Bonchev–Trinajstić information content (AvgIpc) is 3.11. The van der Waals surface area contributed by atoms with Crippen LogP contribution in [-0.2, 0) is 11.3 Å². The van der Waals surface area contributed by atoms with Gasteiger partial charge in [-0.15, -0.1) is 11.3 Å². The Morgan fingerprint density at radius 2 is 2.35 bits per heavy atom. The number of carbonyl (C=O) groups excluding carboxylic acids is 1. The van der Waals surface area contributed by atoms with Crippen LogP contribution in [0.1, 0.15) is 57.9 Å². The van der Waals surface area contributed by atoms with Crippen LogP contribution in [0.15, 0.2) is 10.9 Å². The molecule has 3 rings (SSSR count). The van der Waals surface area contributed by atoms with E-state index in [1.807, 2.05) is 11.8 Å². The van der Waals surface area contributed by atoms with E-state index < -0.39 is 0 Å². The molecule has 0 saturated carbocycles. The number of ether oxygens (including phenoxy) is 1. The summed E-state index contributed by atoms with van der Waals surface area (Å²) in [5.74, 6) is 0.582. The summed E-state index contributed by atoms with van der Waals surface area (Å²) in [4.78, 5) is 24.2. The van der Waals surface area contributed by atoms with Crippen molar-refractivity contribution in [2.45, 2.75) is 45.3 Å². The highest BCUT2D eigenvalue weighted by molar-refractivity contribution is 7.13. The summed E-state index contributed by atoms with van der Waals surface area (Å²) in [6.07, 6.45) is 5.32. The molecule has 8 heteroatoms. The van der Waals surface area contributed by atoms with Crippen LogP contribution >= 0.6 is 11.3 Å². The maximum Gasteiger partial charge on any atom is 0.266 e. The number of aryl methyl sites for hydroxylation is 1. The van der Waals surface area contributed by atoms with Gasteiger partial charge < -0.3 is 14.2 Å². The Morgan fingerprint density at radius 1 is 1.48 bits per heavy atom. The Hall–Kier alpha value is -1.80. The maximum atomic E-state index is 13.1. The standard InChI is InChI=1S/C15H20N4O3S/c1-10-13(23-12(17-10)8-21-2)15(20)19-7-5-3-4-6-11(19)14-16-9-22-18-14/h9,11H,3-8H2,1-2H3/t11-/m0/s1. The van der Waals surface area contributed by atoms with E-state index in [9.17, 15) is 4.79 Å². The van der Waals surface area contributed by atoms with Gasteiger partial charge in [0, 0.05) is 13.7 Å². The zero-order valence-corrected chi connectivity index (χ0v) is 14.1. The minimum atomic E-state index is -0.129. The second-order valence-electron chi connectivity index (χ2n) is 5.61. The van der Waals surface area contributed by atoms with Crippen molar-refractivity contribution in [3.8, 4) is 0 Å². The van der Waals surface area contributed by atoms with E-state index in [1.54, 1.807) is 7.11 Å². The molecule has 0 aliphatic carbocycles. The first-order valence-electron chi connectivity index (χ1n) is 7.73. The average molecular weight is 336 g/mol. The minimum Gasteiger partial charge on any atom is -0.378 e. The lowest BCUT2D eigenvalue weighted by atomic mass is 10.1. The fraction of sp³-hybridized carbons (Fsp3) is 0.600. The van der Waals surface area contributed by atoms with Crippen LogP contribution in [0.5, 0.6) is 0 Å². The zero-order chi connectivity index (χ0) is 16.2. The van der Waals surface area contributed by atoms with Gasteiger partial charge in [-0.1, -0.05) is 18.0 Å². The van der Waals surface area contributed by atoms with Crippen molar-refractivity contribution in [2.75, 3.05) is 13.7 Å². The van der Waals surface area contributed by atoms with Crippen LogP contribution in [0.2, 0.25) is 0 Å². The highest BCUT2D eigenvalue weighted by atomic mass is 32.1. The number of aromatic nitrogens is 3.